The van der Waals surface area contributed by atoms with E-state index in [1.807, 2.05) is 0 Å². The molecule has 6 N–H and O–H groups in total. The molecule has 1 rings (SSSR count). The van der Waals surface area contributed by atoms with Crippen molar-refractivity contribution in [2.75, 3.05) is 0 Å². The summed E-state index contributed by atoms with van der Waals surface area (Å²) in [6.45, 7) is 0. The molecule has 0 spiro atoms. The molecule has 0 unspecified atom stereocenters. The van der Waals surface area contributed by atoms with Crippen molar-refractivity contribution in [3.8, 4) is 11.5 Å². The van der Waals surface area contributed by atoms with Gasteiger partial charge in [0.15, 0.2) is 11.5 Å². The monoisotopic (exact) mass is 370 g/mol. The number of ether oxygens (including phenoxy) is 1. The number of phenols is 2. The number of benzene rings is 1. The van der Waals surface area contributed by atoms with Gasteiger partial charge in [-0.2, -0.15) is 0 Å². The molecular weight excluding hydrogens is 356 g/mol. The van der Waals surface area contributed by atoms with E-state index >= 15 is 0 Å². The van der Waals surface area contributed by atoms with Gasteiger partial charge in [-0.3, -0.25) is 4.79 Å². The average Bonchev–Trinajstić information content (AvgIpc) is 2.52. The second kappa shape index (κ2) is 7.98. The highest BCUT2D eigenvalue weighted by Gasteiger charge is 2.52. The van der Waals surface area contributed by atoms with Crippen LogP contribution in [0, 0.1) is 0 Å². The summed E-state index contributed by atoms with van der Waals surface area (Å²) >= 11 is 0. The normalized spacial score (nSPS) is 14.3. The Hall–Kier alpha value is -3.60. The highest BCUT2D eigenvalue weighted by atomic mass is 16.6. The maximum absolute atomic E-state index is 11.7. The maximum atomic E-state index is 11.7. The van der Waals surface area contributed by atoms with Crippen LogP contribution < -0.4 is 0 Å². The third-order valence-electron chi connectivity index (χ3n) is 3.09. The van der Waals surface area contributed by atoms with Gasteiger partial charge in [0.1, 0.15) is 0 Å². The van der Waals surface area contributed by atoms with Gasteiger partial charge in [0.25, 0.3) is 0 Å². The Bertz CT molecular complexity index is 767. The van der Waals surface area contributed by atoms with E-state index in [1.54, 1.807) is 0 Å². The number of aromatic hydroxyl groups is 2. The van der Waals surface area contributed by atoms with Gasteiger partial charge in [0.05, 0.1) is 6.42 Å². The van der Waals surface area contributed by atoms with E-state index < -0.39 is 53.5 Å². The molecule has 0 aromatic heterocycles. The lowest BCUT2D eigenvalue weighted by Crippen LogP contribution is -2.56. The molecule has 0 bridgehead atoms. The lowest BCUT2D eigenvalue weighted by Gasteiger charge is -2.27. The molecular formula is C15H14O11. The summed E-state index contributed by atoms with van der Waals surface area (Å²) in [6, 6.07) is 3.45. The maximum Gasteiger partial charge on any atom is 0.348 e. The molecule has 0 amide bonds. The number of carbonyl (C=O) groups is 4. The van der Waals surface area contributed by atoms with Crippen LogP contribution in [0.2, 0.25) is 0 Å². The minimum Gasteiger partial charge on any atom is -0.504 e. The van der Waals surface area contributed by atoms with Gasteiger partial charge in [-0.05, 0) is 23.8 Å². The van der Waals surface area contributed by atoms with Crippen LogP contribution in [0.4, 0.5) is 0 Å². The van der Waals surface area contributed by atoms with Crippen LogP contribution in [0.15, 0.2) is 24.3 Å². The number of rotatable bonds is 8. The molecule has 0 aliphatic rings. The van der Waals surface area contributed by atoms with Gasteiger partial charge in [-0.25, -0.2) is 14.4 Å². The average molecular weight is 370 g/mol. The Kier molecular flexibility index (Phi) is 6.28. The molecule has 0 heterocycles. The first kappa shape index (κ1) is 20.4. The molecule has 0 saturated heterocycles. The van der Waals surface area contributed by atoms with Crippen LogP contribution in [0.3, 0.4) is 0 Å². The zero-order chi connectivity index (χ0) is 20.1. The Balaban J connectivity index is 3.01. The number of carboxylic acid groups (broad SMARTS) is 3. The van der Waals surface area contributed by atoms with Crippen LogP contribution in [-0.2, 0) is 23.9 Å². The first-order valence-corrected chi connectivity index (χ1v) is 6.78. The highest BCUT2D eigenvalue weighted by molar-refractivity contribution is 5.94. The molecule has 0 aliphatic heterocycles. The first-order valence-electron chi connectivity index (χ1n) is 6.78. The second-order valence-electron chi connectivity index (χ2n) is 5.04. The van der Waals surface area contributed by atoms with Gasteiger partial charge in [0, 0.05) is 6.08 Å². The summed E-state index contributed by atoms with van der Waals surface area (Å²) < 4.78 is 4.38. The number of carbonyl (C=O) groups excluding carboxylic acids is 1. The quantitative estimate of drug-likeness (QED) is 0.194. The topological polar surface area (TPSA) is 199 Å². The molecule has 1 aromatic rings. The third kappa shape index (κ3) is 4.95. The van der Waals surface area contributed by atoms with E-state index in [1.165, 1.54) is 6.07 Å². The zero-order valence-corrected chi connectivity index (χ0v) is 12.9. The van der Waals surface area contributed by atoms with Crippen LogP contribution in [0.5, 0.6) is 11.5 Å². The van der Waals surface area contributed by atoms with Gasteiger partial charge in [0.2, 0.25) is 11.7 Å². The number of esters is 1. The smallest absolute Gasteiger partial charge is 0.348 e. The number of carboxylic acids is 3. The van der Waals surface area contributed by atoms with Gasteiger partial charge in [-0.15, -0.1) is 0 Å². The van der Waals surface area contributed by atoms with Gasteiger partial charge in [-0.1, -0.05) is 6.07 Å². The summed E-state index contributed by atoms with van der Waals surface area (Å²) in [4.78, 5) is 44.6. The number of aliphatic hydroxyl groups is 1. The van der Waals surface area contributed by atoms with Crippen molar-refractivity contribution in [1.82, 2.24) is 0 Å². The van der Waals surface area contributed by atoms with Crippen molar-refractivity contribution in [2.24, 2.45) is 0 Å². The molecule has 11 nitrogen and oxygen atoms in total. The van der Waals surface area contributed by atoms with E-state index in [-0.39, 0.29) is 5.56 Å². The molecule has 0 fully saturated rings. The van der Waals surface area contributed by atoms with E-state index in [0.717, 1.165) is 18.2 Å². The Labute approximate surface area is 145 Å². The largest absolute Gasteiger partial charge is 0.504 e. The van der Waals surface area contributed by atoms with E-state index in [0.29, 0.717) is 6.08 Å². The number of hydrogen-bond acceptors (Lipinski definition) is 8. The van der Waals surface area contributed by atoms with Gasteiger partial charge >= 0.3 is 23.9 Å². The molecule has 0 radical (unpaired) electrons. The minimum atomic E-state index is -3.39. The molecule has 2 atom stereocenters. The van der Waals surface area contributed by atoms with Crippen molar-refractivity contribution in [3.05, 3.63) is 29.8 Å². The van der Waals surface area contributed by atoms with Crippen molar-refractivity contribution < 1.29 is 54.6 Å². The number of phenolic OH excluding ortho intramolecular Hbond substituents is 2. The Morgan fingerprint density at radius 2 is 1.69 bits per heavy atom. The predicted octanol–water partition coefficient (Wildman–Crippen LogP) is -0.602. The third-order valence-corrected chi connectivity index (χ3v) is 3.09. The minimum absolute atomic E-state index is 0.197. The number of hydrogen-bond donors (Lipinski definition) is 6. The highest BCUT2D eigenvalue weighted by Crippen LogP contribution is 2.25. The SMILES string of the molecule is O=C(O)C[C@](O)(C(=O)O)[C@H](OC(=O)/C=C/c1ccc(O)c(O)c1)C(=O)O. The van der Waals surface area contributed by atoms with Crippen LogP contribution in [-0.4, -0.2) is 66.2 Å². The molecule has 11 heteroatoms. The molecule has 0 aliphatic carbocycles. The van der Waals surface area contributed by atoms with E-state index in [9.17, 15) is 29.4 Å². The Morgan fingerprint density at radius 3 is 2.15 bits per heavy atom. The molecule has 1 aromatic carbocycles. The standard InChI is InChI=1S/C15H14O11/c16-8-3-1-7(5-9(8)17)2-4-11(20)26-12(13(21)22)15(25,14(23)24)6-10(18)19/h1-5,12,16-17,25H,6H2,(H,18,19)(H,21,22)(H,23,24)/b4-2+/t12-,15-/m1/s1. The lowest BCUT2D eigenvalue weighted by molar-refractivity contribution is -0.195. The van der Waals surface area contributed by atoms with E-state index in [4.69, 9.17) is 20.4 Å². The predicted molar refractivity (Wildman–Crippen MR) is 81.2 cm³/mol. The fraction of sp³-hybridized carbons (Fsp3) is 0.200. The Morgan fingerprint density at radius 1 is 1.08 bits per heavy atom. The van der Waals surface area contributed by atoms with E-state index in [2.05, 4.69) is 4.74 Å². The number of aliphatic carboxylic acids is 3. The summed E-state index contributed by atoms with van der Waals surface area (Å²) in [5.41, 5.74) is -3.19. The molecule has 140 valence electrons. The second-order valence-corrected chi connectivity index (χ2v) is 5.04. The van der Waals surface area contributed by atoms with Crippen LogP contribution >= 0.6 is 0 Å². The fourth-order valence-corrected chi connectivity index (χ4v) is 1.83. The fourth-order valence-electron chi connectivity index (χ4n) is 1.83. The van der Waals surface area contributed by atoms with Gasteiger partial charge < -0.3 is 35.4 Å². The van der Waals surface area contributed by atoms with Crippen molar-refractivity contribution in [1.29, 1.82) is 0 Å². The summed E-state index contributed by atoms with van der Waals surface area (Å²) in [7, 11) is 0. The summed E-state index contributed by atoms with van der Waals surface area (Å²) in [5, 5.41) is 54.9. The summed E-state index contributed by atoms with van der Waals surface area (Å²) in [5.74, 6) is -8.41. The zero-order valence-electron chi connectivity index (χ0n) is 12.9. The molecule has 26 heavy (non-hydrogen) atoms. The first-order chi connectivity index (χ1) is 12.0. The van der Waals surface area contributed by atoms with Crippen LogP contribution in [0.1, 0.15) is 12.0 Å². The van der Waals surface area contributed by atoms with Crippen molar-refractivity contribution >= 4 is 30.0 Å². The molecule has 0 saturated carbocycles. The van der Waals surface area contributed by atoms with Crippen LogP contribution in [0.25, 0.3) is 6.08 Å². The summed E-state index contributed by atoms with van der Waals surface area (Å²) in [6.07, 6.45) is -2.52. The lowest BCUT2D eigenvalue weighted by atomic mass is 9.92. The van der Waals surface area contributed by atoms with Crippen molar-refractivity contribution in [3.63, 3.8) is 0 Å². The van der Waals surface area contributed by atoms with Crippen molar-refractivity contribution in [2.45, 2.75) is 18.1 Å².